The molecule has 3 aromatic rings. The number of para-hydroxylation sites is 2. The van der Waals surface area contributed by atoms with E-state index < -0.39 is 10.0 Å². The Morgan fingerprint density at radius 1 is 0.850 bits per heavy atom. The minimum Gasteiger partial charge on any atom is -0.278 e. The highest BCUT2D eigenvalue weighted by molar-refractivity contribution is 7.92. The molecule has 1 heterocycles. The largest absolute Gasteiger partial charge is 0.280 e. The summed E-state index contributed by atoms with van der Waals surface area (Å²) in [6.45, 7) is 0. The van der Waals surface area contributed by atoms with Crippen LogP contribution >= 0.6 is 0 Å². The fraction of sp³-hybridized carbons (Fsp3) is 0. The van der Waals surface area contributed by atoms with E-state index in [0.717, 1.165) is 0 Å². The Hall–Kier alpha value is -2.47. The van der Waals surface area contributed by atoms with Crippen molar-refractivity contribution >= 4 is 26.6 Å². The van der Waals surface area contributed by atoms with Gasteiger partial charge in [0.15, 0.2) is 5.03 Å². The van der Waals surface area contributed by atoms with E-state index in [0.29, 0.717) is 16.6 Å². The molecule has 0 fully saturated rings. The van der Waals surface area contributed by atoms with Gasteiger partial charge in [-0.3, -0.25) is 4.72 Å². The Morgan fingerprint density at radius 3 is 2.35 bits per heavy atom. The number of nitrogens with one attached hydrogen (secondary N) is 1. The van der Waals surface area contributed by atoms with Crippen molar-refractivity contribution in [1.82, 2.24) is 9.97 Å². The van der Waals surface area contributed by atoms with Crippen LogP contribution in [0.3, 0.4) is 0 Å². The van der Waals surface area contributed by atoms with Crippen LogP contribution in [0, 0.1) is 0 Å². The summed E-state index contributed by atoms with van der Waals surface area (Å²) < 4.78 is 27.3. The Balaban J connectivity index is 2.10. The molecular weight excluding hydrogens is 274 g/mol. The van der Waals surface area contributed by atoms with Crippen LogP contribution in [0.2, 0.25) is 0 Å². The third-order valence-electron chi connectivity index (χ3n) is 2.79. The molecule has 0 saturated heterocycles. The second-order valence-electron chi connectivity index (χ2n) is 4.17. The van der Waals surface area contributed by atoms with E-state index >= 15 is 0 Å². The highest BCUT2D eigenvalue weighted by Gasteiger charge is 2.19. The minimum atomic E-state index is -3.74. The number of benzene rings is 2. The summed E-state index contributed by atoms with van der Waals surface area (Å²) in [4.78, 5) is 7.97. The van der Waals surface area contributed by atoms with E-state index in [1.165, 1.54) is 6.33 Å². The first-order valence-corrected chi connectivity index (χ1v) is 7.43. The SMILES string of the molecule is O=S(=O)(Nc1ccccc1)c1ncnc2ccccc12. The van der Waals surface area contributed by atoms with Gasteiger partial charge in [-0.1, -0.05) is 30.3 Å². The van der Waals surface area contributed by atoms with Crippen molar-refractivity contribution in [2.24, 2.45) is 0 Å². The lowest BCUT2D eigenvalue weighted by atomic mass is 10.2. The zero-order chi connectivity index (χ0) is 14.0. The summed E-state index contributed by atoms with van der Waals surface area (Å²) in [6.07, 6.45) is 1.25. The van der Waals surface area contributed by atoms with Gasteiger partial charge >= 0.3 is 0 Å². The van der Waals surface area contributed by atoms with Crippen molar-refractivity contribution in [1.29, 1.82) is 0 Å². The molecule has 0 aliphatic carbocycles. The zero-order valence-electron chi connectivity index (χ0n) is 10.4. The molecule has 3 rings (SSSR count). The predicted molar refractivity (Wildman–Crippen MR) is 76.8 cm³/mol. The van der Waals surface area contributed by atoms with Gasteiger partial charge < -0.3 is 0 Å². The van der Waals surface area contributed by atoms with Crippen LogP contribution in [0.1, 0.15) is 0 Å². The summed E-state index contributed by atoms with van der Waals surface area (Å²) in [5.41, 5.74) is 1.09. The topological polar surface area (TPSA) is 72.0 Å². The van der Waals surface area contributed by atoms with Crippen LogP contribution in [-0.2, 0) is 10.0 Å². The molecule has 20 heavy (non-hydrogen) atoms. The van der Waals surface area contributed by atoms with Gasteiger partial charge in [-0.2, -0.15) is 8.42 Å². The molecule has 0 radical (unpaired) electrons. The summed E-state index contributed by atoms with van der Waals surface area (Å²) in [5, 5.41) is 0.477. The molecule has 0 saturated carbocycles. The number of fused-ring (bicyclic) bond motifs is 1. The van der Waals surface area contributed by atoms with Gasteiger partial charge in [0, 0.05) is 11.1 Å². The van der Waals surface area contributed by atoms with Crippen molar-refractivity contribution in [3.05, 3.63) is 60.9 Å². The van der Waals surface area contributed by atoms with E-state index in [1.54, 1.807) is 48.5 Å². The molecular formula is C14H11N3O2S. The lowest BCUT2D eigenvalue weighted by molar-refractivity contribution is 0.598. The van der Waals surface area contributed by atoms with Crippen molar-refractivity contribution in [2.75, 3.05) is 4.72 Å². The van der Waals surface area contributed by atoms with Crippen LogP contribution in [-0.4, -0.2) is 18.4 Å². The summed E-state index contributed by atoms with van der Waals surface area (Å²) in [5.74, 6) is 0. The van der Waals surface area contributed by atoms with E-state index in [1.807, 2.05) is 6.07 Å². The molecule has 0 bridgehead atoms. The van der Waals surface area contributed by atoms with Gasteiger partial charge in [-0.05, 0) is 24.3 Å². The van der Waals surface area contributed by atoms with Crippen LogP contribution in [0.15, 0.2) is 66.0 Å². The third-order valence-corrected chi connectivity index (χ3v) is 4.13. The highest BCUT2D eigenvalue weighted by Crippen LogP contribution is 2.21. The molecule has 6 heteroatoms. The van der Waals surface area contributed by atoms with E-state index in [-0.39, 0.29) is 5.03 Å². The van der Waals surface area contributed by atoms with Gasteiger partial charge in [0.25, 0.3) is 10.0 Å². The number of aromatic nitrogens is 2. The second-order valence-corrected chi connectivity index (χ2v) is 5.77. The zero-order valence-corrected chi connectivity index (χ0v) is 11.2. The Kier molecular flexibility index (Phi) is 3.08. The van der Waals surface area contributed by atoms with Gasteiger partial charge in [0.2, 0.25) is 0 Å². The molecule has 0 aliphatic rings. The fourth-order valence-electron chi connectivity index (χ4n) is 1.90. The normalized spacial score (nSPS) is 11.4. The van der Waals surface area contributed by atoms with Gasteiger partial charge in [-0.15, -0.1) is 0 Å². The maximum absolute atomic E-state index is 12.4. The standard InChI is InChI=1S/C14H11N3O2S/c18-20(19,17-11-6-2-1-3-7-11)14-12-8-4-5-9-13(12)15-10-16-14/h1-10,17H. The lowest BCUT2D eigenvalue weighted by Gasteiger charge is -2.08. The minimum absolute atomic E-state index is 0.0213. The number of rotatable bonds is 3. The predicted octanol–water partition coefficient (Wildman–Crippen LogP) is 2.43. The van der Waals surface area contributed by atoms with Crippen molar-refractivity contribution in [3.8, 4) is 0 Å². The molecule has 2 aromatic carbocycles. The van der Waals surface area contributed by atoms with Crippen LogP contribution in [0.25, 0.3) is 10.9 Å². The number of hydrogen-bond donors (Lipinski definition) is 1. The van der Waals surface area contributed by atoms with Crippen molar-refractivity contribution < 1.29 is 8.42 Å². The third kappa shape index (κ3) is 2.33. The molecule has 0 atom stereocenters. The molecule has 0 unspecified atom stereocenters. The summed E-state index contributed by atoms with van der Waals surface area (Å²) >= 11 is 0. The first-order valence-electron chi connectivity index (χ1n) is 5.94. The molecule has 100 valence electrons. The molecule has 5 nitrogen and oxygen atoms in total. The summed E-state index contributed by atoms with van der Waals surface area (Å²) in [6, 6.07) is 15.7. The van der Waals surface area contributed by atoms with Crippen LogP contribution in [0.5, 0.6) is 0 Å². The van der Waals surface area contributed by atoms with Crippen LogP contribution < -0.4 is 4.72 Å². The number of nitrogens with zero attached hydrogens (tertiary/aromatic N) is 2. The maximum atomic E-state index is 12.4. The quantitative estimate of drug-likeness (QED) is 0.750. The molecule has 0 spiro atoms. The van der Waals surface area contributed by atoms with Gasteiger partial charge in [-0.25, -0.2) is 9.97 Å². The Bertz CT molecular complexity index is 843. The van der Waals surface area contributed by atoms with Gasteiger partial charge in [0.1, 0.15) is 6.33 Å². The number of hydrogen-bond acceptors (Lipinski definition) is 4. The first kappa shape index (κ1) is 12.6. The smallest absolute Gasteiger partial charge is 0.278 e. The second kappa shape index (κ2) is 4.90. The van der Waals surface area contributed by atoms with E-state index in [4.69, 9.17) is 0 Å². The van der Waals surface area contributed by atoms with Gasteiger partial charge in [0.05, 0.1) is 5.52 Å². The average Bonchev–Trinajstić information content (AvgIpc) is 2.47. The van der Waals surface area contributed by atoms with Crippen molar-refractivity contribution in [2.45, 2.75) is 5.03 Å². The molecule has 0 aliphatic heterocycles. The molecule has 0 amide bonds. The molecule has 1 aromatic heterocycles. The highest BCUT2D eigenvalue weighted by atomic mass is 32.2. The Morgan fingerprint density at radius 2 is 1.55 bits per heavy atom. The van der Waals surface area contributed by atoms with E-state index in [9.17, 15) is 8.42 Å². The van der Waals surface area contributed by atoms with Crippen molar-refractivity contribution in [3.63, 3.8) is 0 Å². The maximum Gasteiger partial charge on any atom is 0.280 e. The monoisotopic (exact) mass is 285 g/mol. The average molecular weight is 285 g/mol. The Labute approximate surface area is 116 Å². The summed E-state index contributed by atoms with van der Waals surface area (Å²) in [7, 11) is -3.74. The van der Waals surface area contributed by atoms with Crippen LogP contribution in [0.4, 0.5) is 5.69 Å². The fourth-order valence-corrected chi connectivity index (χ4v) is 3.10. The number of sulfonamides is 1. The van der Waals surface area contributed by atoms with E-state index in [2.05, 4.69) is 14.7 Å². The molecule has 1 N–H and O–H groups in total. The number of anilines is 1. The lowest BCUT2D eigenvalue weighted by Crippen LogP contribution is -2.15. The first-order chi connectivity index (χ1) is 9.67.